The number of hydrogen-bond acceptors (Lipinski definition) is 2. The molecule has 0 aliphatic heterocycles. The molecule has 1 aliphatic carbocycles. The number of benzene rings is 2. The van der Waals surface area contributed by atoms with Crippen molar-refractivity contribution in [2.45, 2.75) is 25.2 Å². The van der Waals surface area contributed by atoms with E-state index in [4.69, 9.17) is 0 Å². The van der Waals surface area contributed by atoms with Gasteiger partial charge in [0, 0.05) is 24.4 Å². The summed E-state index contributed by atoms with van der Waals surface area (Å²) in [6.07, 6.45) is 3.75. The number of anilines is 1. The van der Waals surface area contributed by atoms with Gasteiger partial charge in [0.15, 0.2) is 0 Å². The molecule has 2 N–H and O–H groups in total. The number of nitrogens with one attached hydrogen (secondary N) is 1. The lowest BCUT2D eigenvalue weighted by Gasteiger charge is -2.29. The van der Waals surface area contributed by atoms with Gasteiger partial charge < -0.3 is 10.4 Å². The van der Waals surface area contributed by atoms with E-state index < -0.39 is 0 Å². The van der Waals surface area contributed by atoms with Gasteiger partial charge in [-0.1, -0.05) is 36.8 Å². The molecule has 2 nitrogen and oxygen atoms in total. The first-order valence-corrected chi connectivity index (χ1v) is 6.89. The van der Waals surface area contributed by atoms with E-state index in [0.29, 0.717) is 11.7 Å². The fraction of sp³-hybridized carbons (Fsp3) is 0.294. The summed E-state index contributed by atoms with van der Waals surface area (Å²) in [5, 5.41) is 13.5. The molecule has 0 amide bonds. The number of aromatic hydroxyl groups is 1. The molecule has 2 aromatic carbocycles. The molecule has 3 rings (SSSR count). The van der Waals surface area contributed by atoms with Gasteiger partial charge in [-0.3, -0.25) is 0 Å². The molecule has 1 aliphatic rings. The quantitative estimate of drug-likeness (QED) is 0.851. The SMILES string of the molecule is CNc1cc(O)c(-c2ccccc2)c(C2CCC2)c1. The fourth-order valence-corrected chi connectivity index (χ4v) is 2.75. The van der Waals surface area contributed by atoms with E-state index >= 15 is 0 Å². The molecule has 2 heteroatoms. The third-order valence-electron chi connectivity index (χ3n) is 4.04. The van der Waals surface area contributed by atoms with E-state index in [0.717, 1.165) is 16.8 Å². The van der Waals surface area contributed by atoms with Crippen LogP contribution in [0.25, 0.3) is 11.1 Å². The summed E-state index contributed by atoms with van der Waals surface area (Å²) in [6.45, 7) is 0. The van der Waals surface area contributed by atoms with Crippen molar-refractivity contribution in [2.75, 3.05) is 12.4 Å². The molecular weight excluding hydrogens is 234 g/mol. The highest BCUT2D eigenvalue weighted by Gasteiger charge is 2.25. The van der Waals surface area contributed by atoms with E-state index in [9.17, 15) is 5.11 Å². The van der Waals surface area contributed by atoms with Crippen molar-refractivity contribution >= 4 is 5.69 Å². The largest absolute Gasteiger partial charge is 0.507 e. The maximum absolute atomic E-state index is 10.4. The van der Waals surface area contributed by atoms with Crippen LogP contribution in [0, 0.1) is 0 Å². The van der Waals surface area contributed by atoms with E-state index in [1.807, 2.05) is 31.3 Å². The summed E-state index contributed by atoms with van der Waals surface area (Å²) in [7, 11) is 1.89. The van der Waals surface area contributed by atoms with Crippen LogP contribution in [0.15, 0.2) is 42.5 Å². The lowest BCUT2D eigenvalue weighted by atomic mass is 9.76. The van der Waals surface area contributed by atoms with Crippen molar-refractivity contribution in [3.05, 3.63) is 48.0 Å². The maximum Gasteiger partial charge on any atom is 0.125 e. The average Bonchev–Trinajstić information content (AvgIpc) is 2.37. The van der Waals surface area contributed by atoms with Gasteiger partial charge >= 0.3 is 0 Å². The number of phenolic OH excluding ortho intramolecular Hbond substituents is 1. The second-order valence-electron chi connectivity index (χ2n) is 5.20. The zero-order valence-corrected chi connectivity index (χ0v) is 11.2. The van der Waals surface area contributed by atoms with Crippen molar-refractivity contribution in [2.24, 2.45) is 0 Å². The normalized spacial score (nSPS) is 15.0. The number of phenols is 1. The summed E-state index contributed by atoms with van der Waals surface area (Å²) in [5.74, 6) is 0.967. The van der Waals surface area contributed by atoms with Crippen LogP contribution >= 0.6 is 0 Å². The minimum absolute atomic E-state index is 0.375. The Morgan fingerprint density at radius 1 is 1.11 bits per heavy atom. The molecule has 0 atom stereocenters. The smallest absolute Gasteiger partial charge is 0.125 e. The predicted molar refractivity (Wildman–Crippen MR) is 79.7 cm³/mol. The van der Waals surface area contributed by atoms with Gasteiger partial charge in [0.2, 0.25) is 0 Å². The minimum atomic E-state index is 0.375. The molecule has 2 aromatic rings. The van der Waals surface area contributed by atoms with Gasteiger partial charge in [-0.15, -0.1) is 0 Å². The first-order valence-electron chi connectivity index (χ1n) is 6.89. The second kappa shape index (κ2) is 4.96. The summed E-state index contributed by atoms with van der Waals surface area (Å²) in [4.78, 5) is 0. The molecule has 0 aromatic heterocycles. The molecule has 0 unspecified atom stereocenters. The Morgan fingerprint density at radius 3 is 2.42 bits per heavy atom. The maximum atomic E-state index is 10.4. The minimum Gasteiger partial charge on any atom is -0.507 e. The van der Waals surface area contributed by atoms with Crippen molar-refractivity contribution < 1.29 is 5.11 Å². The Bertz CT molecular complexity index is 573. The highest BCUT2D eigenvalue weighted by Crippen LogP contribution is 2.45. The van der Waals surface area contributed by atoms with Crippen LogP contribution in [-0.4, -0.2) is 12.2 Å². The average molecular weight is 253 g/mol. The monoisotopic (exact) mass is 253 g/mol. The predicted octanol–water partition coefficient (Wildman–Crippen LogP) is 4.37. The van der Waals surface area contributed by atoms with E-state index in [2.05, 4.69) is 23.5 Å². The van der Waals surface area contributed by atoms with Gasteiger partial charge in [-0.25, -0.2) is 0 Å². The highest BCUT2D eigenvalue weighted by molar-refractivity contribution is 5.77. The fourth-order valence-electron chi connectivity index (χ4n) is 2.75. The number of hydrogen-bond donors (Lipinski definition) is 2. The zero-order chi connectivity index (χ0) is 13.2. The van der Waals surface area contributed by atoms with Crippen LogP contribution < -0.4 is 5.32 Å². The van der Waals surface area contributed by atoms with Crippen LogP contribution in [0.2, 0.25) is 0 Å². The Balaban J connectivity index is 2.16. The first-order chi connectivity index (χ1) is 9.29. The van der Waals surface area contributed by atoms with Crippen LogP contribution in [0.3, 0.4) is 0 Å². The topological polar surface area (TPSA) is 32.3 Å². The van der Waals surface area contributed by atoms with Gasteiger partial charge in [-0.2, -0.15) is 0 Å². The molecule has 0 bridgehead atoms. The van der Waals surface area contributed by atoms with Crippen LogP contribution in [-0.2, 0) is 0 Å². The highest BCUT2D eigenvalue weighted by atomic mass is 16.3. The van der Waals surface area contributed by atoms with E-state index in [1.165, 1.54) is 24.8 Å². The van der Waals surface area contributed by atoms with Gasteiger partial charge in [0.25, 0.3) is 0 Å². The zero-order valence-electron chi connectivity index (χ0n) is 11.2. The lowest BCUT2D eigenvalue weighted by molar-refractivity contribution is 0.417. The van der Waals surface area contributed by atoms with Gasteiger partial charge in [0.05, 0.1) is 0 Å². The van der Waals surface area contributed by atoms with Crippen molar-refractivity contribution in [1.29, 1.82) is 0 Å². The Kier molecular flexibility index (Phi) is 3.16. The molecule has 0 saturated heterocycles. The Labute approximate surface area is 114 Å². The summed E-state index contributed by atoms with van der Waals surface area (Å²) in [5.41, 5.74) is 4.37. The number of rotatable bonds is 3. The molecule has 98 valence electrons. The lowest BCUT2D eigenvalue weighted by Crippen LogP contribution is -2.10. The van der Waals surface area contributed by atoms with E-state index in [-0.39, 0.29) is 0 Å². The summed E-state index contributed by atoms with van der Waals surface area (Å²) in [6, 6.07) is 14.2. The first kappa shape index (κ1) is 12.1. The summed E-state index contributed by atoms with van der Waals surface area (Å²) < 4.78 is 0. The summed E-state index contributed by atoms with van der Waals surface area (Å²) >= 11 is 0. The van der Waals surface area contributed by atoms with E-state index in [1.54, 1.807) is 0 Å². The van der Waals surface area contributed by atoms with Crippen LogP contribution in [0.1, 0.15) is 30.7 Å². The van der Waals surface area contributed by atoms with Gasteiger partial charge in [0.1, 0.15) is 5.75 Å². The second-order valence-corrected chi connectivity index (χ2v) is 5.20. The molecule has 1 fully saturated rings. The Morgan fingerprint density at radius 2 is 1.84 bits per heavy atom. The third-order valence-corrected chi connectivity index (χ3v) is 4.04. The van der Waals surface area contributed by atoms with Crippen molar-refractivity contribution in [1.82, 2.24) is 0 Å². The molecule has 0 heterocycles. The van der Waals surface area contributed by atoms with Crippen molar-refractivity contribution in [3.8, 4) is 16.9 Å². The standard InChI is InChI=1S/C17H19NO/c1-18-14-10-15(12-8-5-9-12)17(16(19)11-14)13-6-3-2-4-7-13/h2-4,6-7,10-12,18-19H,5,8-9H2,1H3. The molecule has 0 spiro atoms. The molecule has 1 saturated carbocycles. The van der Waals surface area contributed by atoms with Crippen molar-refractivity contribution in [3.63, 3.8) is 0 Å². The molecule has 19 heavy (non-hydrogen) atoms. The van der Waals surface area contributed by atoms with Crippen LogP contribution in [0.4, 0.5) is 5.69 Å². The molecule has 0 radical (unpaired) electrons. The van der Waals surface area contributed by atoms with Crippen LogP contribution in [0.5, 0.6) is 5.75 Å². The Hall–Kier alpha value is -1.96. The van der Waals surface area contributed by atoms with Gasteiger partial charge in [-0.05, 0) is 36.0 Å². The third kappa shape index (κ3) is 2.19. The molecular formula is C17H19NO.